The maximum absolute atomic E-state index is 6.35. The first-order chi connectivity index (χ1) is 47.9. The van der Waals surface area contributed by atoms with Crippen LogP contribution in [0.5, 0.6) is 0 Å². The molecule has 1 aliphatic rings. The van der Waals surface area contributed by atoms with E-state index in [-0.39, 0.29) is 0 Å². The molecule has 1 unspecified atom stereocenters. The summed E-state index contributed by atoms with van der Waals surface area (Å²) >= 11 is 1.90. The average molecular weight is 1250 g/mol. The lowest BCUT2D eigenvalue weighted by atomic mass is 9.74. The van der Waals surface area contributed by atoms with Gasteiger partial charge in [-0.05, 0) is 147 Å². The SMILES string of the molecule is CC1(Cc2cc3ccccc3c3nc(-c4ccc5c(ccc6ccc7ccc8c9ccccc9sc8c7c65)c4)c(-c4ccccc4)nc23)c2ccccc2-c2cc3c(ccc4ccc5cc(-c6nc(-c7ccccc7)nc(-c7cccc8oc9ccccc9c78)n6)ccc5c43)cc21. The van der Waals surface area contributed by atoms with Gasteiger partial charge < -0.3 is 4.42 Å². The molecule has 16 aromatic carbocycles. The van der Waals surface area contributed by atoms with Gasteiger partial charge in [0.15, 0.2) is 17.5 Å². The van der Waals surface area contributed by atoms with Gasteiger partial charge in [-0.15, -0.1) is 11.3 Å². The van der Waals surface area contributed by atoms with E-state index in [2.05, 4.69) is 250 Å². The largest absolute Gasteiger partial charge is 0.456 e. The summed E-state index contributed by atoms with van der Waals surface area (Å²) in [4.78, 5) is 27.4. The zero-order valence-electron chi connectivity index (χ0n) is 52.5. The Morgan fingerprint density at radius 1 is 0.309 bits per heavy atom. The van der Waals surface area contributed by atoms with E-state index in [1.165, 1.54) is 102 Å². The van der Waals surface area contributed by atoms with Crippen molar-refractivity contribution in [1.29, 1.82) is 0 Å². The number of benzene rings is 16. The predicted molar refractivity (Wildman–Crippen MR) is 405 cm³/mol. The molecule has 0 fully saturated rings. The van der Waals surface area contributed by atoms with Gasteiger partial charge in [0.25, 0.3) is 0 Å². The first-order valence-corrected chi connectivity index (χ1v) is 34.0. The number of hydrogen-bond acceptors (Lipinski definition) is 7. The van der Waals surface area contributed by atoms with Crippen LogP contribution in [0.2, 0.25) is 0 Å². The zero-order valence-corrected chi connectivity index (χ0v) is 53.3. The second-order valence-corrected chi connectivity index (χ2v) is 27.4. The summed E-state index contributed by atoms with van der Waals surface area (Å²) in [7, 11) is 0. The van der Waals surface area contributed by atoms with E-state index in [1.54, 1.807) is 0 Å². The first-order valence-electron chi connectivity index (χ1n) is 33.1. The monoisotopic (exact) mass is 1250 g/mol. The molecule has 0 spiro atoms. The molecule has 0 radical (unpaired) electrons. The van der Waals surface area contributed by atoms with E-state index >= 15 is 0 Å². The van der Waals surface area contributed by atoms with Gasteiger partial charge in [0.1, 0.15) is 11.2 Å². The second-order valence-electron chi connectivity index (χ2n) is 26.3. The molecule has 0 bridgehead atoms. The van der Waals surface area contributed by atoms with Crippen LogP contribution in [0, 0.1) is 0 Å². The van der Waals surface area contributed by atoms with E-state index < -0.39 is 5.41 Å². The second kappa shape index (κ2) is 20.6. The third kappa shape index (κ3) is 8.16. The Morgan fingerprint density at radius 3 is 1.68 bits per heavy atom. The highest BCUT2D eigenvalue weighted by Crippen LogP contribution is 2.54. The van der Waals surface area contributed by atoms with E-state index in [4.69, 9.17) is 29.3 Å². The number of nitrogens with zero attached hydrogens (tertiary/aromatic N) is 5. The van der Waals surface area contributed by atoms with Gasteiger partial charge in [-0.25, -0.2) is 24.9 Å². The average Bonchev–Trinajstić information content (AvgIpc) is 1.63. The highest BCUT2D eigenvalue weighted by molar-refractivity contribution is 7.26. The van der Waals surface area contributed by atoms with Crippen LogP contribution in [0.4, 0.5) is 0 Å². The van der Waals surface area contributed by atoms with Crippen LogP contribution in [0.15, 0.2) is 296 Å². The molecule has 0 saturated heterocycles. The summed E-state index contributed by atoms with van der Waals surface area (Å²) in [6.07, 6.45) is 0.702. The molecular formula is C90H53N5OS. The zero-order chi connectivity index (χ0) is 63.6. The standard InChI is InChI=1S/C90H53N5OS/c1-90(50-62-47-56-21-8-9-22-65(56)85-84(62)91-82(54-17-4-2-5-18-54)83(92-85)60-40-42-64-57(45-60)37-35-52-31-32-53-39-44-68-67-24-12-15-30-77(67)97-86(68)80(53)79(52)64)73-27-13-10-23-66(73)72-49-71-59(48-74(72)90)38-34-51-33-36-58-46-61(41-43-63(58)78(51)71)88-93-87(55-19-6-3-7-20-55)94-89(95-88)70-26-16-29-76-81(70)69-25-11-14-28-75(69)96-76/h2-49H,50H2,1H3. The van der Waals surface area contributed by atoms with Crippen molar-refractivity contribution in [2.45, 2.75) is 18.8 Å². The van der Waals surface area contributed by atoms with Crippen molar-refractivity contribution in [2.75, 3.05) is 0 Å². The third-order valence-electron chi connectivity index (χ3n) is 20.9. The van der Waals surface area contributed by atoms with Crippen LogP contribution < -0.4 is 0 Å². The van der Waals surface area contributed by atoms with Crippen molar-refractivity contribution in [3.8, 4) is 67.8 Å². The summed E-state index contributed by atoms with van der Waals surface area (Å²) < 4.78 is 9.00. The lowest BCUT2D eigenvalue weighted by Gasteiger charge is -2.29. The van der Waals surface area contributed by atoms with E-state index in [0.717, 1.165) is 93.9 Å². The minimum Gasteiger partial charge on any atom is -0.456 e. The molecule has 0 aliphatic heterocycles. The molecule has 0 amide bonds. The molecule has 20 aromatic rings. The fourth-order valence-corrected chi connectivity index (χ4v) is 17.6. The van der Waals surface area contributed by atoms with Crippen LogP contribution in [0.25, 0.3) is 196 Å². The molecule has 1 aliphatic carbocycles. The van der Waals surface area contributed by atoms with Crippen molar-refractivity contribution in [3.05, 3.63) is 308 Å². The van der Waals surface area contributed by atoms with Crippen LogP contribution >= 0.6 is 11.3 Å². The quantitative estimate of drug-likeness (QED) is 0.148. The van der Waals surface area contributed by atoms with Gasteiger partial charge in [-0.3, -0.25) is 0 Å². The molecule has 0 N–H and O–H groups in total. The summed E-state index contributed by atoms with van der Waals surface area (Å²) in [5.41, 5.74) is 15.8. The Bertz CT molecular complexity index is 6810. The Morgan fingerprint density at radius 2 is 0.866 bits per heavy atom. The molecule has 7 heteroatoms. The minimum absolute atomic E-state index is 0.434. The maximum Gasteiger partial charge on any atom is 0.164 e. The smallest absolute Gasteiger partial charge is 0.164 e. The fourth-order valence-electron chi connectivity index (χ4n) is 16.3. The van der Waals surface area contributed by atoms with Gasteiger partial charge in [0, 0.05) is 74.9 Å². The molecule has 97 heavy (non-hydrogen) atoms. The molecule has 1 atom stereocenters. The molecule has 6 nitrogen and oxygen atoms in total. The van der Waals surface area contributed by atoms with Crippen molar-refractivity contribution in [1.82, 2.24) is 24.9 Å². The Balaban J connectivity index is 0.705. The summed E-state index contributed by atoms with van der Waals surface area (Å²) in [6, 6.07) is 106. The fraction of sp³-hybridized carbons (Fsp3) is 0.0333. The van der Waals surface area contributed by atoms with Crippen molar-refractivity contribution < 1.29 is 4.42 Å². The lowest BCUT2D eigenvalue weighted by molar-refractivity contribution is 0.585. The maximum atomic E-state index is 6.35. The number of rotatable bonds is 7. The van der Waals surface area contributed by atoms with Gasteiger partial charge >= 0.3 is 0 Å². The minimum atomic E-state index is -0.434. The molecule has 4 heterocycles. The van der Waals surface area contributed by atoms with E-state index in [0.29, 0.717) is 23.9 Å². The summed E-state index contributed by atoms with van der Waals surface area (Å²) in [6.45, 7) is 2.45. The van der Waals surface area contributed by atoms with Crippen LogP contribution in [0.1, 0.15) is 23.6 Å². The molecule has 450 valence electrons. The number of furan rings is 1. The molecule has 0 saturated carbocycles. The van der Waals surface area contributed by atoms with Crippen LogP contribution in [-0.2, 0) is 11.8 Å². The van der Waals surface area contributed by atoms with Crippen LogP contribution in [-0.4, -0.2) is 24.9 Å². The number of fused-ring (bicyclic) bond motifs is 23. The Kier molecular flexibility index (Phi) is 11.5. The highest BCUT2D eigenvalue weighted by atomic mass is 32.1. The first kappa shape index (κ1) is 54.1. The van der Waals surface area contributed by atoms with Gasteiger partial charge in [0.2, 0.25) is 0 Å². The van der Waals surface area contributed by atoms with E-state index in [1.807, 2.05) is 59.9 Å². The molecule has 4 aromatic heterocycles. The Hall–Kier alpha value is -12.3. The predicted octanol–water partition coefficient (Wildman–Crippen LogP) is 24.0. The highest BCUT2D eigenvalue weighted by Gasteiger charge is 2.40. The van der Waals surface area contributed by atoms with Gasteiger partial charge in [-0.2, -0.15) is 0 Å². The van der Waals surface area contributed by atoms with E-state index in [9.17, 15) is 0 Å². The van der Waals surface area contributed by atoms with Gasteiger partial charge in [-0.1, -0.05) is 250 Å². The van der Waals surface area contributed by atoms with Crippen molar-refractivity contribution in [2.24, 2.45) is 0 Å². The normalized spacial score (nSPS) is 13.9. The van der Waals surface area contributed by atoms with Crippen molar-refractivity contribution in [3.63, 3.8) is 0 Å². The topological polar surface area (TPSA) is 77.6 Å². The van der Waals surface area contributed by atoms with Gasteiger partial charge in [0.05, 0.1) is 22.4 Å². The summed E-state index contributed by atoms with van der Waals surface area (Å²) in [5.74, 6) is 1.80. The van der Waals surface area contributed by atoms with Crippen LogP contribution in [0.3, 0.4) is 0 Å². The number of hydrogen-bond donors (Lipinski definition) is 0. The third-order valence-corrected chi connectivity index (χ3v) is 22.1. The molecular weight excluding hydrogens is 1200 g/mol. The Labute approximate surface area is 560 Å². The lowest BCUT2D eigenvalue weighted by Crippen LogP contribution is -2.24. The number of thiophene rings is 1. The summed E-state index contributed by atoms with van der Waals surface area (Å²) in [5, 5.41) is 21.4. The number of aromatic nitrogens is 5. The molecule has 21 rings (SSSR count). The number of para-hydroxylation sites is 1. The van der Waals surface area contributed by atoms with Crippen molar-refractivity contribution >= 4 is 140 Å².